The number of aromatic amines is 2. The molecule has 1 heterocycles. The molecule has 0 unspecified atom stereocenters. The van der Waals surface area contributed by atoms with E-state index in [2.05, 4.69) is 15.9 Å². The molecular weight excluding hydrogens is 357 g/mol. The molecule has 0 bridgehead atoms. The Labute approximate surface area is 120 Å². The highest BCUT2D eigenvalue weighted by Gasteiger charge is 2.20. The normalized spacial score (nSPS) is 11.3. The van der Waals surface area contributed by atoms with E-state index in [1.165, 1.54) is 12.1 Å². The van der Waals surface area contributed by atoms with Gasteiger partial charge in [-0.05, 0) is 18.2 Å². The van der Waals surface area contributed by atoms with Crippen LogP contribution in [0.2, 0.25) is 0 Å². The van der Waals surface area contributed by atoms with Gasteiger partial charge >= 0.3 is 5.69 Å². The summed E-state index contributed by atoms with van der Waals surface area (Å²) in [5.74, 6) is -0.816. The Morgan fingerprint density at radius 2 is 1.95 bits per heavy atom. The molecule has 0 amide bonds. The Morgan fingerprint density at radius 1 is 1.25 bits per heavy atom. The van der Waals surface area contributed by atoms with Crippen molar-refractivity contribution in [1.82, 2.24) is 9.97 Å². The Morgan fingerprint density at radius 3 is 2.55 bits per heavy atom. The zero-order chi connectivity index (χ0) is 14.9. The average molecular weight is 364 g/mol. The van der Waals surface area contributed by atoms with E-state index in [1.807, 2.05) is 9.71 Å². The number of benzene rings is 1. The van der Waals surface area contributed by atoms with Crippen molar-refractivity contribution >= 4 is 31.6 Å². The smallest absolute Gasteiger partial charge is 0.313 e. The van der Waals surface area contributed by atoms with Gasteiger partial charge in [0.25, 0.3) is 15.6 Å². The molecule has 106 valence electrons. The van der Waals surface area contributed by atoms with Crippen LogP contribution >= 0.6 is 15.9 Å². The molecule has 20 heavy (non-hydrogen) atoms. The van der Waals surface area contributed by atoms with Crippen molar-refractivity contribution in [2.45, 2.75) is 4.90 Å². The molecule has 10 heteroatoms. The van der Waals surface area contributed by atoms with Gasteiger partial charge in [0.05, 0.1) is 5.69 Å². The van der Waals surface area contributed by atoms with Gasteiger partial charge in [0.1, 0.15) is 5.82 Å². The van der Waals surface area contributed by atoms with Crippen molar-refractivity contribution in [2.24, 2.45) is 0 Å². The zero-order valence-corrected chi connectivity index (χ0v) is 12.0. The summed E-state index contributed by atoms with van der Waals surface area (Å²) in [6.45, 7) is 0. The minimum absolute atomic E-state index is 0.321. The first kappa shape index (κ1) is 14.5. The van der Waals surface area contributed by atoms with E-state index in [0.29, 0.717) is 4.47 Å². The number of nitrogens with one attached hydrogen (secondary N) is 3. The maximum atomic E-state index is 13.6. The maximum absolute atomic E-state index is 13.6. The first-order valence-corrected chi connectivity index (χ1v) is 7.37. The fourth-order valence-corrected chi connectivity index (χ4v) is 2.78. The third-order valence-corrected chi connectivity index (χ3v) is 4.11. The summed E-state index contributed by atoms with van der Waals surface area (Å²) in [5, 5.41) is 0. The summed E-state index contributed by atoms with van der Waals surface area (Å²) < 4.78 is 39.8. The lowest BCUT2D eigenvalue weighted by Crippen LogP contribution is -2.29. The molecule has 2 rings (SSSR count). The predicted molar refractivity (Wildman–Crippen MR) is 72.6 cm³/mol. The van der Waals surface area contributed by atoms with Gasteiger partial charge in [0.15, 0.2) is 4.90 Å². The van der Waals surface area contributed by atoms with Crippen molar-refractivity contribution in [3.8, 4) is 0 Å². The van der Waals surface area contributed by atoms with Gasteiger partial charge in [0, 0.05) is 10.7 Å². The standard InChI is InChI=1S/C10H7BrFN3O4S/c11-5-1-2-7(6(12)3-5)15-20(18,19)8-4-13-10(17)14-9(8)16/h1-4,15H,(H2,13,14,16,17). The van der Waals surface area contributed by atoms with E-state index in [0.717, 1.165) is 12.3 Å². The van der Waals surface area contributed by atoms with E-state index in [4.69, 9.17) is 0 Å². The summed E-state index contributed by atoms with van der Waals surface area (Å²) in [4.78, 5) is 25.3. The third kappa shape index (κ3) is 2.96. The molecule has 0 aliphatic carbocycles. The van der Waals surface area contributed by atoms with Crippen molar-refractivity contribution in [1.29, 1.82) is 0 Å². The van der Waals surface area contributed by atoms with Crippen LogP contribution in [0.5, 0.6) is 0 Å². The highest BCUT2D eigenvalue weighted by molar-refractivity contribution is 9.10. The van der Waals surface area contributed by atoms with Gasteiger partial charge in [0.2, 0.25) is 0 Å². The average Bonchev–Trinajstić information content (AvgIpc) is 2.32. The van der Waals surface area contributed by atoms with Gasteiger partial charge in [-0.1, -0.05) is 15.9 Å². The summed E-state index contributed by atoms with van der Waals surface area (Å²) in [6, 6.07) is 3.68. The first-order valence-electron chi connectivity index (χ1n) is 5.09. The summed E-state index contributed by atoms with van der Waals surface area (Å²) in [7, 11) is -4.32. The number of rotatable bonds is 3. The number of H-pyrrole nitrogens is 2. The molecule has 0 saturated carbocycles. The van der Waals surface area contributed by atoms with Crippen molar-refractivity contribution < 1.29 is 12.8 Å². The Bertz CT molecular complexity index is 875. The van der Waals surface area contributed by atoms with E-state index in [1.54, 1.807) is 4.98 Å². The van der Waals surface area contributed by atoms with Gasteiger partial charge in [-0.3, -0.25) is 14.5 Å². The largest absolute Gasteiger partial charge is 0.325 e. The quantitative estimate of drug-likeness (QED) is 0.747. The van der Waals surface area contributed by atoms with Crippen LogP contribution < -0.4 is 16.0 Å². The lowest BCUT2D eigenvalue weighted by molar-refractivity contribution is 0.596. The van der Waals surface area contributed by atoms with Crippen LogP contribution in [-0.4, -0.2) is 18.4 Å². The van der Waals surface area contributed by atoms with Crippen molar-refractivity contribution in [3.05, 3.63) is 55.5 Å². The number of hydrogen-bond donors (Lipinski definition) is 3. The molecule has 0 aliphatic heterocycles. The predicted octanol–water partition coefficient (Wildman–Crippen LogP) is 0.766. The van der Waals surface area contributed by atoms with Crippen molar-refractivity contribution in [3.63, 3.8) is 0 Å². The number of anilines is 1. The molecule has 0 saturated heterocycles. The molecule has 1 aromatic carbocycles. The van der Waals surface area contributed by atoms with Crippen molar-refractivity contribution in [2.75, 3.05) is 4.72 Å². The molecule has 0 atom stereocenters. The van der Waals surface area contributed by atoms with Crippen LogP contribution in [0.4, 0.5) is 10.1 Å². The van der Waals surface area contributed by atoms with Gasteiger partial charge < -0.3 is 4.98 Å². The third-order valence-electron chi connectivity index (χ3n) is 2.25. The molecule has 1 aromatic heterocycles. The van der Waals surface area contributed by atoms with Crippen LogP contribution in [0.25, 0.3) is 0 Å². The summed E-state index contributed by atoms with van der Waals surface area (Å²) >= 11 is 3.03. The summed E-state index contributed by atoms with van der Waals surface area (Å²) in [5.41, 5.74) is -2.26. The molecule has 2 aromatic rings. The molecule has 7 nitrogen and oxygen atoms in total. The van der Waals surface area contributed by atoms with E-state index >= 15 is 0 Å². The van der Waals surface area contributed by atoms with Crippen LogP contribution in [0, 0.1) is 5.82 Å². The van der Waals surface area contributed by atoms with Crippen LogP contribution in [0.15, 0.2) is 43.4 Å². The van der Waals surface area contributed by atoms with Crippen LogP contribution in [0.1, 0.15) is 0 Å². The Balaban J connectivity index is 2.46. The second kappa shape index (κ2) is 5.21. The topological polar surface area (TPSA) is 112 Å². The summed E-state index contributed by atoms with van der Waals surface area (Å²) in [6.07, 6.45) is 0.736. The van der Waals surface area contributed by atoms with Gasteiger partial charge in [-0.15, -0.1) is 0 Å². The minimum atomic E-state index is -4.32. The Hall–Kier alpha value is -1.94. The molecule has 0 aliphatic rings. The number of sulfonamides is 1. The Kier molecular flexibility index (Phi) is 3.77. The lowest BCUT2D eigenvalue weighted by Gasteiger charge is -2.08. The molecule has 0 radical (unpaired) electrons. The van der Waals surface area contributed by atoms with E-state index in [9.17, 15) is 22.4 Å². The highest BCUT2D eigenvalue weighted by Crippen LogP contribution is 2.21. The van der Waals surface area contributed by atoms with E-state index < -0.39 is 32.0 Å². The maximum Gasteiger partial charge on any atom is 0.325 e. The SMILES string of the molecule is O=c1[nH]cc(S(=O)(=O)Nc2ccc(Br)cc2F)c(=O)[nH]1. The fraction of sp³-hybridized carbons (Fsp3) is 0. The second-order valence-corrected chi connectivity index (χ2v) is 6.23. The molecule has 3 N–H and O–H groups in total. The van der Waals surface area contributed by atoms with Gasteiger partial charge in [-0.2, -0.15) is 0 Å². The number of hydrogen-bond acceptors (Lipinski definition) is 4. The van der Waals surface area contributed by atoms with Crippen LogP contribution in [-0.2, 0) is 10.0 Å². The second-order valence-electron chi connectivity index (χ2n) is 3.67. The molecular formula is C10H7BrFN3O4S. The van der Waals surface area contributed by atoms with Crippen LogP contribution in [0.3, 0.4) is 0 Å². The van der Waals surface area contributed by atoms with Gasteiger partial charge in [-0.25, -0.2) is 17.6 Å². The monoisotopic (exact) mass is 363 g/mol. The number of halogens is 2. The minimum Gasteiger partial charge on any atom is -0.313 e. The zero-order valence-electron chi connectivity index (χ0n) is 9.61. The molecule has 0 spiro atoms. The van der Waals surface area contributed by atoms with E-state index in [-0.39, 0.29) is 5.69 Å². The lowest BCUT2D eigenvalue weighted by atomic mass is 10.3. The molecule has 0 fully saturated rings. The number of aromatic nitrogens is 2. The fourth-order valence-electron chi connectivity index (χ4n) is 1.37. The first-order chi connectivity index (χ1) is 9.29. The highest BCUT2D eigenvalue weighted by atomic mass is 79.9.